The number of amides is 1. The second-order valence-corrected chi connectivity index (χ2v) is 8.83. The van der Waals surface area contributed by atoms with Crippen LogP contribution in [0.15, 0.2) is 24.3 Å². The first-order valence-electron chi connectivity index (χ1n) is 11.6. The molecule has 9 heteroatoms. The van der Waals surface area contributed by atoms with Gasteiger partial charge in [0.15, 0.2) is 17.0 Å². The van der Waals surface area contributed by atoms with Crippen LogP contribution in [-0.4, -0.2) is 36.1 Å². The van der Waals surface area contributed by atoms with Crippen molar-refractivity contribution < 1.29 is 14.3 Å². The fourth-order valence-electron chi connectivity index (χ4n) is 4.49. The van der Waals surface area contributed by atoms with Crippen LogP contribution in [0.4, 0.5) is 10.2 Å². The van der Waals surface area contributed by atoms with Crippen LogP contribution >= 0.6 is 0 Å². The van der Waals surface area contributed by atoms with Crippen molar-refractivity contribution in [2.24, 2.45) is 5.73 Å². The van der Waals surface area contributed by atoms with Gasteiger partial charge in [0.1, 0.15) is 17.2 Å². The van der Waals surface area contributed by atoms with E-state index < -0.39 is 17.3 Å². The molecule has 1 fully saturated rings. The number of aliphatic hydroxyl groups is 1. The van der Waals surface area contributed by atoms with Crippen molar-refractivity contribution in [3.63, 3.8) is 0 Å². The number of carbonyl (C=O) groups is 1. The van der Waals surface area contributed by atoms with Gasteiger partial charge in [-0.25, -0.2) is 19.3 Å². The van der Waals surface area contributed by atoms with Gasteiger partial charge >= 0.3 is 0 Å². The highest BCUT2D eigenvalue weighted by Crippen LogP contribution is 2.33. The van der Waals surface area contributed by atoms with Crippen LogP contribution < -0.4 is 11.5 Å². The fourth-order valence-corrected chi connectivity index (χ4v) is 4.49. The average molecular weight is 465 g/mol. The molecular weight excluding hydrogens is 435 g/mol. The molecule has 2 heterocycles. The summed E-state index contributed by atoms with van der Waals surface area (Å²) in [6.07, 6.45) is 5.47. The smallest absolute Gasteiger partial charge is 0.217 e. The van der Waals surface area contributed by atoms with Gasteiger partial charge in [0.2, 0.25) is 11.7 Å². The Morgan fingerprint density at radius 1 is 1.26 bits per heavy atom. The number of hydrogen-bond acceptors (Lipinski definition) is 6. The molecule has 1 saturated carbocycles. The highest BCUT2D eigenvalue weighted by atomic mass is 19.1. The van der Waals surface area contributed by atoms with Crippen LogP contribution in [0, 0.1) is 17.7 Å². The number of aromatic nitrogens is 4. The lowest BCUT2D eigenvalue weighted by Gasteiger charge is -2.26. The van der Waals surface area contributed by atoms with Crippen molar-refractivity contribution in [1.29, 1.82) is 0 Å². The van der Waals surface area contributed by atoms with E-state index in [4.69, 9.17) is 11.5 Å². The van der Waals surface area contributed by atoms with Gasteiger partial charge in [-0.1, -0.05) is 31.4 Å². The number of hydrogen-bond donors (Lipinski definition) is 3. The number of benzene rings is 1. The number of rotatable bonds is 6. The van der Waals surface area contributed by atoms with Crippen LogP contribution in [0.3, 0.4) is 0 Å². The Balaban J connectivity index is 1.87. The molecule has 0 bridgehead atoms. The molecule has 1 atom stereocenters. The second-order valence-electron chi connectivity index (χ2n) is 8.83. The maximum Gasteiger partial charge on any atom is 0.217 e. The van der Waals surface area contributed by atoms with Crippen molar-refractivity contribution in [1.82, 2.24) is 19.5 Å². The van der Waals surface area contributed by atoms with Crippen LogP contribution in [-0.2, 0) is 4.79 Å². The third-order valence-electron chi connectivity index (χ3n) is 6.30. The lowest BCUT2D eigenvalue weighted by atomic mass is 9.85. The van der Waals surface area contributed by atoms with Crippen molar-refractivity contribution >= 4 is 22.9 Å². The third kappa shape index (κ3) is 5.02. The van der Waals surface area contributed by atoms with E-state index in [-0.39, 0.29) is 24.1 Å². The number of primary amides is 1. The molecule has 2 aromatic heterocycles. The largest absolute Gasteiger partial charge is 0.382 e. The summed E-state index contributed by atoms with van der Waals surface area (Å²) in [7, 11) is 0. The summed E-state index contributed by atoms with van der Waals surface area (Å²) in [5.74, 6) is 5.84. The van der Waals surface area contributed by atoms with Crippen molar-refractivity contribution in [3.8, 4) is 23.2 Å². The van der Waals surface area contributed by atoms with Gasteiger partial charge in [0.25, 0.3) is 0 Å². The van der Waals surface area contributed by atoms with E-state index in [1.807, 2.05) is 11.5 Å². The first-order chi connectivity index (χ1) is 16.3. The molecule has 1 aliphatic carbocycles. The molecular formula is C25H29FN6O2. The third-order valence-corrected chi connectivity index (χ3v) is 6.30. The van der Waals surface area contributed by atoms with Gasteiger partial charge in [-0.15, -0.1) is 0 Å². The van der Waals surface area contributed by atoms with Crippen molar-refractivity contribution in [2.75, 3.05) is 5.73 Å². The molecule has 178 valence electrons. The van der Waals surface area contributed by atoms with E-state index >= 15 is 0 Å². The maximum atomic E-state index is 14.0. The second kappa shape index (κ2) is 9.77. The lowest BCUT2D eigenvalue weighted by molar-refractivity contribution is -0.118. The predicted octanol–water partition coefficient (Wildman–Crippen LogP) is 3.48. The van der Waals surface area contributed by atoms with Crippen LogP contribution in [0.25, 0.3) is 22.6 Å². The van der Waals surface area contributed by atoms with E-state index in [1.54, 1.807) is 12.1 Å². The number of nitrogen functional groups attached to an aromatic ring is 1. The summed E-state index contributed by atoms with van der Waals surface area (Å²) in [6, 6.07) is 5.92. The Morgan fingerprint density at radius 2 is 2.03 bits per heavy atom. The van der Waals surface area contributed by atoms with E-state index in [0.717, 1.165) is 19.3 Å². The fraction of sp³-hybridized carbons (Fsp3) is 0.440. The van der Waals surface area contributed by atoms with E-state index in [1.165, 1.54) is 12.1 Å². The summed E-state index contributed by atoms with van der Waals surface area (Å²) in [5, 5.41) is 10.7. The van der Waals surface area contributed by atoms with E-state index in [9.17, 15) is 14.3 Å². The monoisotopic (exact) mass is 464 g/mol. The zero-order valence-corrected chi connectivity index (χ0v) is 19.2. The van der Waals surface area contributed by atoms with E-state index in [0.29, 0.717) is 48.2 Å². The van der Waals surface area contributed by atoms with E-state index in [2.05, 4.69) is 26.8 Å². The molecule has 1 aromatic carbocycles. The Labute approximate surface area is 197 Å². The molecule has 0 spiro atoms. The van der Waals surface area contributed by atoms with Crippen LogP contribution in [0.1, 0.15) is 70.2 Å². The van der Waals surface area contributed by atoms with Gasteiger partial charge in [-0.05, 0) is 56.6 Å². The topological polar surface area (TPSA) is 133 Å². The van der Waals surface area contributed by atoms with Crippen molar-refractivity contribution in [3.05, 3.63) is 35.9 Å². The number of halogens is 1. The zero-order chi connectivity index (χ0) is 24.3. The van der Waals surface area contributed by atoms with Gasteiger partial charge in [-0.3, -0.25) is 4.79 Å². The van der Waals surface area contributed by atoms with Gasteiger partial charge < -0.3 is 21.1 Å². The standard InChI is InChI=1S/C25H29FN6O2/c1-2-18(9-10-19(27)33)32-23(16-7-6-8-17(26)15-16)31-21-22(28)29-20(30-24(21)32)11-14-25(34)12-4-3-5-13-25/h6-8,15,18,34H,2-5,9-10,12-13H2,1H3,(H2,27,33)(H2,28,29,30). The number of nitrogens with zero attached hydrogens (tertiary/aromatic N) is 4. The first kappa shape index (κ1) is 23.6. The Bertz CT molecular complexity index is 1270. The normalized spacial score (nSPS) is 16.1. The Hall–Kier alpha value is -3.51. The molecule has 0 radical (unpaired) electrons. The SMILES string of the molecule is CCC(CCC(N)=O)n1c(-c2cccc(F)c2)nc2c(N)nc(C#CC3(O)CCCCC3)nc21. The quantitative estimate of drug-likeness (QED) is 0.478. The average Bonchev–Trinajstić information content (AvgIpc) is 3.19. The van der Waals surface area contributed by atoms with Gasteiger partial charge in [0, 0.05) is 18.0 Å². The number of nitrogens with two attached hydrogens (primary N) is 2. The zero-order valence-electron chi connectivity index (χ0n) is 19.2. The van der Waals surface area contributed by atoms with Crippen LogP contribution in [0.2, 0.25) is 0 Å². The Morgan fingerprint density at radius 3 is 2.71 bits per heavy atom. The first-order valence-corrected chi connectivity index (χ1v) is 11.6. The summed E-state index contributed by atoms with van der Waals surface area (Å²) in [5.41, 5.74) is 12.0. The van der Waals surface area contributed by atoms with Gasteiger partial charge in [0.05, 0.1) is 0 Å². The molecule has 5 N–H and O–H groups in total. The summed E-state index contributed by atoms with van der Waals surface area (Å²) in [6.45, 7) is 1.98. The molecule has 1 amide bonds. The number of carbonyl (C=O) groups excluding carboxylic acids is 1. The number of anilines is 1. The molecule has 1 aliphatic rings. The highest BCUT2D eigenvalue weighted by Gasteiger charge is 2.27. The molecule has 0 aliphatic heterocycles. The number of fused-ring (bicyclic) bond motifs is 1. The lowest BCUT2D eigenvalue weighted by Crippen LogP contribution is -2.29. The predicted molar refractivity (Wildman–Crippen MR) is 128 cm³/mol. The minimum absolute atomic E-state index is 0.145. The minimum atomic E-state index is -1.05. The maximum absolute atomic E-state index is 14.0. The van der Waals surface area contributed by atoms with Gasteiger partial charge in [-0.2, -0.15) is 0 Å². The van der Waals surface area contributed by atoms with Crippen molar-refractivity contribution in [2.45, 2.75) is 69.9 Å². The molecule has 3 aromatic rings. The summed E-state index contributed by atoms with van der Waals surface area (Å²) in [4.78, 5) is 25.1. The number of imidazole rings is 1. The summed E-state index contributed by atoms with van der Waals surface area (Å²) >= 11 is 0. The Kier molecular flexibility index (Phi) is 6.80. The molecule has 8 nitrogen and oxygen atoms in total. The molecule has 4 rings (SSSR count). The van der Waals surface area contributed by atoms with Crippen LogP contribution in [0.5, 0.6) is 0 Å². The molecule has 0 saturated heterocycles. The molecule has 34 heavy (non-hydrogen) atoms. The summed E-state index contributed by atoms with van der Waals surface area (Å²) < 4.78 is 15.9. The minimum Gasteiger partial charge on any atom is -0.382 e. The molecule has 1 unspecified atom stereocenters. The highest BCUT2D eigenvalue weighted by molar-refractivity contribution is 5.86.